The second kappa shape index (κ2) is 6.53. The molecule has 1 aliphatic rings. The van der Waals surface area contributed by atoms with Gasteiger partial charge in [0.25, 0.3) is 0 Å². The van der Waals surface area contributed by atoms with Gasteiger partial charge in [0.2, 0.25) is 0 Å². The fraction of sp³-hybridized carbons (Fsp3) is 0.571. The number of ether oxygens (including phenoxy) is 1. The first-order valence-electron chi connectivity index (χ1n) is 6.53. The third kappa shape index (κ3) is 3.30. The highest BCUT2D eigenvalue weighted by atomic mass is 79.9. The SMILES string of the molecule is CCNC(c1ccc(Br)c(Cl)c1F)C1COC(C)C1. The van der Waals surface area contributed by atoms with E-state index in [4.69, 9.17) is 16.3 Å². The van der Waals surface area contributed by atoms with Crippen LogP contribution in [0.4, 0.5) is 4.39 Å². The predicted octanol–water partition coefficient (Wildman–Crippen LogP) is 4.32. The molecule has 0 bridgehead atoms. The maximum Gasteiger partial charge on any atom is 0.147 e. The highest BCUT2D eigenvalue weighted by Gasteiger charge is 2.32. The number of hydrogen-bond acceptors (Lipinski definition) is 2. The van der Waals surface area contributed by atoms with Crippen LogP contribution >= 0.6 is 27.5 Å². The Bertz CT molecular complexity index is 457. The van der Waals surface area contributed by atoms with Crippen LogP contribution in [0.25, 0.3) is 0 Å². The largest absolute Gasteiger partial charge is 0.378 e. The van der Waals surface area contributed by atoms with Gasteiger partial charge in [0.1, 0.15) is 5.82 Å². The number of halogens is 3. The van der Waals surface area contributed by atoms with Gasteiger partial charge >= 0.3 is 0 Å². The van der Waals surface area contributed by atoms with E-state index in [1.807, 2.05) is 13.8 Å². The van der Waals surface area contributed by atoms with Crippen molar-refractivity contribution < 1.29 is 9.13 Å². The Morgan fingerprint density at radius 1 is 1.58 bits per heavy atom. The number of nitrogens with one attached hydrogen (secondary N) is 1. The molecule has 1 heterocycles. The first kappa shape index (κ1) is 15.2. The van der Waals surface area contributed by atoms with Crippen LogP contribution in [0.1, 0.15) is 31.9 Å². The van der Waals surface area contributed by atoms with Gasteiger partial charge in [-0.2, -0.15) is 0 Å². The highest BCUT2D eigenvalue weighted by molar-refractivity contribution is 9.10. The Balaban J connectivity index is 2.31. The van der Waals surface area contributed by atoms with Crippen LogP contribution in [0.2, 0.25) is 5.02 Å². The van der Waals surface area contributed by atoms with Gasteiger partial charge in [-0.15, -0.1) is 0 Å². The predicted molar refractivity (Wildman–Crippen MR) is 79.0 cm³/mol. The van der Waals surface area contributed by atoms with Crippen LogP contribution in [-0.2, 0) is 4.74 Å². The minimum Gasteiger partial charge on any atom is -0.378 e. The molecule has 1 N–H and O–H groups in total. The van der Waals surface area contributed by atoms with E-state index in [-0.39, 0.29) is 28.9 Å². The van der Waals surface area contributed by atoms with E-state index in [0.29, 0.717) is 16.6 Å². The van der Waals surface area contributed by atoms with Crippen molar-refractivity contribution in [3.05, 3.63) is 33.0 Å². The van der Waals surface area contributed by atoms with Crippen LogP contribution in [0.15, 0.2) is 16.6 Å². The fourth-order valence-corrected chi connectivity index (χ4v) is 3.09. The van der Waals surface area contributed by atoms with Gasteiger partial charge in [0, 0.05) is 22.0 Å². The van der Waals surface area contributed by atoms with E-state index in [1.54, 1.807) is 12.1 Å². The van der Waals surface area contributed by atoms with E-state index >= 15 is 0 Å². The van der Waals surface area contributed by atoms with Gasteiger partial charge in [-0.3, -0.25) is 0 Å². The molecule has 19 heavy (non-hydrogen) atoms. The molecule has 1 fully saturated rings. The van der Waals surface area contributed by atoms with Gasteiger partial charge in [-0.05, 0) is 41.9 Å². The van der Waals surface area contributed by atoms with Gasteiger partial charge in [-0.1, -0.05) is 24.6 Å². The Morgan fingerprint density at radius 2 is 2.32 bits per heavy atom. The van der Waals surface area contributed by atoms with E-state index in [1.165, 1.54) is 0 Å². The van der Waals surface area contributed by atoms with Gasteiger partial charge in [0.05, 0.1) is 17.7 Å². The molecule has 0 aliphatic carbocycles. The lowest BCUT2D eigenvalue weighted by molar-refractivity contribution is 0.116. The second-order valence-corrected chi connectivity index (χ2v) is 6.17. The van der Waals surface area contributed by atoms with Crippen LogP contribution in [0.5, 0.6) is 0 Å². The molecule has 3 atom stereocenters. The maximum atomic E-state index is 14.3. The van der Waals surface area contributed by atoms with E-state index < -0.39 is 0 Å². The summed E-state index contributed by atoms with van der Waals surface area (Å²) in [5.41, 5.74) is 0.623. The first-order chi connectivity index (χ1) is 9.04. The quantitative estimate of drug-likeness (QED) is 0.817. The monoisotopic (exact) mass is 349 g/mol. The van der Waals surface area contributed by atoms with Crippen LogP contribution in [-0.4, -0.2) is 19.3 Å². The average molecular weight is 351 g/mol. The van der Waals surface area contributed by atoms with Gasteiger partial charge < -0.3 is 10.1 Å². The molecule has 0 saturated carbocycles. The zero-order valence-corrected chi connectivity index (χ0v) is 13.4. The summed E-state index contributed by atoms with van der Waals surface area (Å²) in [6.07, 6.45) is 1.17. The van der Waals surface area contributed by atoms with Crippen molar-refractivity contribution in [1.82, 2.24) is 5.32 Å². The topological polar surface area (TPSA) is 21.3 Å². The van der Waals surface area contributed by atoms with E-state index in [2.05, 4.69) is 21.2 Å². The molecule has 1 aliphatic heterocycles. The van der Waals surface area contributed by atoms with E-state index in [9.17, 15) is 4.39 Å². The van der Waals surface area contributed by atoms with Crippen molar-refractivity contribution in [2.24, 2.45) is 5.92 Å². The molecule has 1 saturated heterocycles. The third-order valence-corrected chi connectivity index (χ3v) is 4.78. The normalized spacial score (nSPS) is 24.7. The van der Waals surface area contributed by atoms with Crippen LogP contribution < -0.4 is 5.32 Å². The minimum atomic E-state index is -0.346. The smallest absolute Gasteiger partial charge is 0.147 e. The zero-order chi connectivity index (χ0) is 14.0. The summed E-state index contributed by atoms with van der Waals surface area (Å²) >= 11 is 9.23. The molecule has 106 valence electrons. The highest BCUT2D eigenvalue weighted by Crippen LogP contribution is 2.36. The summed E-state index contributed by atoms with van der Waals surface area (Å²) in [7, 11) is 0. The van der Waals surface area contributed by atoms with Crippen molar-refractivity contribution in [2.75, 3.05) is 13.2 Å². The molecule has 2 nitrogen and oxygen atoms in total. The molecular formula is C14H18BrClFNO. The number of hydrogen-bond donors (Lipinski definition) is 1. The first-order valence-corrected chi connectivity index (χ1v) is 7.70. The summed E-state index contributed by atoms with van der Waals surface area (Å²) in [6.45, 7) is 5.51. The Kier molecular flexibility index (Phi) is 5.23. The lowest BCUT2D eigenvalue weighted by Gasteiger charge is -2.24. The Hall–Kier alpha value is -0.160. The Morgan fingerprint density at radius 3 is 2.89 bits per heavy atom. The zero-order valence-electron chi connectivity index (χ0n) is 11.1. The van der Waals surface area contributed by atoms with Crippen molar-refractivity contribution in [3.63, 3.8) is 0 Å². The van der Waals surface area contributed by atoms with Crippen molar-refractivity contribution in [1.29, 1.82) is 0 Å². The molecule has 3 unspecified atom stereocenters. The van der Waals surface area contributed by atoms with Crippen molar-refractivity contribution >= 4 is 27.5 Å². The molecule has 0 radical (unpaired) electrons. The fourth-order valence-electron chi connectivity index (χ4n) is 2.61. The van der Waals surface area contributed by atoms with Crippen molar-refractivity contribution in [2.45, 2.75) is 32.4 Å². The lowest BCUT2D eigenvalue weighted by Crippen LogP contribution is -2.29. The van der Waals surface area contributed by atoms with E-state index in [0.717, 1.165) is 13.0 Å². The summed E-state index contributed by atoms with van der Waals surface area (Å²) in [5, 5.41) is 3.50. The lowest BCUT2D eigenvalue weighted by atomic mass is 9.90. The average Bonchev–Trinajstić information content (AvgIpc) is 2.81. The summed E-state index contributed by atoms with van der Waals surface area (Å²) in [4.78, 5) is 0. The number of rotatable bonds is 4. The Labute approximate surface area is 126 Å². The molecule has 0 spiro atoms. The summed E-state index contributed by atoms with van der Waals surface area (Å²) in [6, 6.07) is 3.53. The van der Waals surface area contributed by atoms with Gasteiger partial charge in [0.15, 0.2) is 0 Å². The van der Waals surface area contributed by atoms with Crippen LogP contribution in [0.3, 0.4) is 0 Å². The summed E-state index contributed by atoms with van der Waals surface area (Å²) < 4.78 is 20.5. The molecule has 0 amide bonds. The maximum absolute atomic E-state index is 14.3. The standard InChI is InChI=1S/C14H18BrClFNO/c1-3-18-14(9-6-8(2)19-7-9)10-4-5-11(15)12(16)13(10)17/h4-5,8-9,14,18H,3,6-7H2,1-2H3. The van der Waals surface area contributed by atoms with Gasteiger partial charge in [-0.25, -0.2) is 4.39 Å². The summed E-state index contributed by atoms with van der Waals surface area (Å²) in [5.74, 6) is -0.0664. The molecule has 1 aromatic carbocycles. The number of benzene rings is 1. The molecule has 2 rings (SSSR count). The minimum absolute atomic E-state index is 0.0550. The van der Waals surface area contributed by atoms with Crippen LogP contribution in [0, 0.1) is 11.7 Å². The molecular weight excluding hydrogens is 333 g/mol. The molecule has 5 heteroatoms. The molecule has 0 aromatic heterocycles. The third-order valence-electron chi connectivity index (χ3n) is 3.53. The molecule has 1 aromatic rings. The second-order valence-electron chi connectivity index (χ2n) is 4.94. The van der Waals surface area contributed by atoms with Crippen molar-refractivity contribution in [3.8, 4) is 0 Å².